The Kier molecular flexibility index (Phi) is 10.9. The Morgan fingerprint density at radius 3 is 2.58 bits per heavy atom. The molecular formula is C30H37N5O9S. The number of aromatic nitrogens is 2. The first-order valence-electron chi connectivity index (χ1n) is 14.5. The van der Waals surface area contributed by atoms with Crippen LogP contribution in [-0.2, 0) is 35.6 Å². The molecular weight excluding hydrogens is 606 g/mol. The second-order valence-corrected chi connectivity index (χ2v) is 12.2. The number of carbonyl (C=O) groups is 3. The van der Waals surface area contributed by atoms with Crippen molar-refractivity contribution in [3.63, 3.8) is 0 Å². The van der Waals surface area contributed by atoms with Gasteiger partial charge < -0.3 is 24.8 Å². The van der Waals surface area contributed by atoms with Gasteiger partial charge in [-0.15, -0.1) is 0 Å². The number of piperidine rings is 1. The first-order valence-corrected chi connectivity index (χ1v) is 16.0. The van der Waals surface area contributed by atoms with Gasteiger partial charge in [-0.25, -0.2) is 27.7 Å². The molecule has 242 valence electrons. The van der Waals surface area contributed by atoms with E-state index in [-0.39, 0.29) is 64.5 Å². The van der Waals surface area contributed by atoms with Crippen molar-refractivity contribution in [1.29, 1.82) is 0 Å². The van der Waals surface area contributed by atoms with Crippen molar-refractivity contribution in [2.75, 3.05) is 39.9 Å². The Bertz CT molecular complexity index is 1770. The summed E-state index contributed by atoms with van der Waals surface area (Å²) in [4.78, 5) is 56.1. The molecule has 3 aromatic rings. The van der Waals surface area contributed by atoms with Crippen molar-refractivity contribution in [2.24, 2.45) is 5.92 Å². The largest absolute Gasteiger partial charge is 0.464 e. The van der Waals surface area contributed by atoms with E-state index in [1.54, 1.807) is 32.9 Å². The minimum absolute atomic E-state index is 0.0129. The SMILES string of the molecule is CCOC(=O)c1c(C)cc2nc(COC(=O)NCCOC(=O)C3CCCNC3)n(-c3ccccc3S(=O)(=O)NC)c(=O)c2c1C. The minimum atomic E-state index is -4.05. The zero-order valence-electron chi connectivity index (χ0n) is 25.6. The van der Waals surface area contributed by atoms with Crippen LogP contribution in [0.3, 0.4) is 0 Å². The van der Waals surface area contributed by atoms with Gasteiger partial charge in [0.05, 0.1) is 41.2 Å². The predicted molar refractivity (Wildman–Crippen MR) is 164 cm³/mol. The second kappa shape index (κ2) is 14.6. The molecule has 2 aromatic carbocycles. The lowest BCUT2D eigenvalue weighted by atomic mass is 9.98. The van der Waals surface area contributed by atoms with Crippen molar-refractivity contribution in [2.45, 2.75) is 45.1 Å². The maximum Gasteiger partial charge on any atom is 0.407 e. The molecule has 0 aliphatic carbocycles. The number of alkyl carbamates (subject to hydrolysis) is 1. The summed E-state index contributed by atoms with van der Waals surface area (Å²) < 4.78 is 45.0. The zero-order valence-corrected chi connectivity index (χ0v) is 26.4. The highest BCUT2D eigenvalue weighted by atomic mass is 32.2. The normalized spacial score (nSPS) is 15.0. The smallest absolute Gasteiger partial charge is 0.407 e. The van der Waals surface area contributed by atoms with Gasteiger partial charge in [-0.3, -0.25) is 14.2 Å². The number of amides is 1. The lowest BCUT2D eigenvalue weighted by Gasteiger charge is -2.21. The molecule has 0 radical (unpaired) electrons. The third kappa shape index (κ3) is 7.49. The van der Waals surface area contributed by atoms with Crippen molar-refractivity contribution >= 4 is 39.0 Å². The second-order valence-electron chi connectivity index (χ2n) is 10.4. The predicted octanol–water partition coefficient (Wildman–Crippen LogP) is 1.86. The van der Waals surface area contributed by atoms with E-state index >= 15 is 0 Å². The number of ether oxygens (including phenoxy) is 3. The summed E-state index contributed by atoms with van der Waals surface area (Å²) in [5, 5.41) is 5.71. The summed E-state index contributed by atoms with van der Waals surface area (Å²) in [5.41, 5.74) is 0.542. The van der Waals surface area contributed by atoms with Gasteiger partial charge in [0.15, 0.2) is 12.4 Å². The van der Waals surface area contributed by atoms with Crippen molar-refractivity contribution in [1.82, 2.24) is 24.9 Å². The lowest BCUT2D eigenvalue weighted by molar-refractivity contribution is -0.148. The van der Waals surface area contributed by atoms with Crippen LogP contribution in [0.4, 0.5) is 4.79 Å². The highest BCUT2D eigenvalue weighted by Crippen LogP contribution is 2.26. The molecule has 4 rings (SSSR count). The van der Waals surface area contributed by atoms with Crippen molar-refractivity contribution in [3.8, 4) is 5.69 Å². The van der Waals surface area contributed by atoms with Gasteiger partial charge in [-0.1, -0.05) is 12.1 Å². The molecule has 3 N–H and O–H groups in total. The van der Waals surface area contributed by atoms with Crippen LogP contribution in [0.5, 0.6) is 0 Å². The van der Waals surface area contributed by atoms with E-state index < -0.39 is 34.3 Å². The zero-order chi connectivity index (χ0) is 32.7. The summed E-state index contributed by atoms with van der Waals surface area (Å²) in [6.07, 6.45) is 0.756. The minimum Gasteiger partial charge on any atom is -0.464 e. The molecule has 1 amide bonds. The number of para-hydroxylation sites is 1. The van der Waals surface area contributed by atoms with E-state index in [0.29, 0.717) is 17.7 Å². The number of aryl methyl sites for hydroxylation is 2. The van der Waals surface area contributed by atoms with E-state index in [1.165, 1.54) is 25.2 Å². The monoisotopic (exact) mass is 643 g/mol. The fraction of sp³-hybridized carbons (Fsp3) is 0.433. The summed E-state index contributed by atoms with van der Waals surface area (Å²) in [7, 11) is -2.81. The Morgan fingerprint density at radius 2 is 1.89 bits per heavy atom. The van der Waals surface area contributed by atoms with Gasteiger partial charge >= 0.3 is 18.0 Å². The molecule has 1 aliphatic heterocycles. The van der Waals surface area contributed by atoms with Crippen LogP contribution in [0, 0.1) is 19.8 Å². The number of nitrogens with one attached hydrogen (secondary N) is 3. The molecule has 15 heteroatoms. The molecule has 0 bridgehead atoms. The molecule has 1 aliphatic rings. The molecule has 14 nitrogen and oxygen atoms in total. The molecule has 45 heavy (non-hydrogen) atoms. The molecule has 1 saturated heterocycles. The van der Waals surface area contributed by atoms with E-state index in [4.69, 9.17) is 14.2 Å². The Morgan fingerprint density at radius 1 is 1.13 bits per heavy atom. The highest BCUT2D eigenvalue weighted by molar-refractivity contribution is 7.89. The van der Waals surface area contributed by atoms with Gasteiger partial charge in [0.25, 0.3) is 5.56 Å². The van der Waals surface area contributed by atoms with E-state index in [2.05, 4.69) is 20.3 Å². The van der Waals surface area contributed by atoms with Gasteiger partial charge in [0, 0.05) is 6.54 Å². The quantitative estimate of drug-likeness (QED) is 0.157. The number of hydrogen-bond acceptors (Lipinski definition) is 11. The third-order valence-corrected chi connectivity index (χ3v) is 8.86. The maximum absolute atomic E-state index is 14.2. The summed E-state index contributed by atoms with van der Waals surface area (Å²) in [6.45, 7) is 5.90. The molecule has 1 atom stereocenters. The summed E-state index contributed by atoms with van der Waals surface area (Å²) in [6, 6.07) is 7.35. The van der Waals surface area contributed by atoms with Gasteiger partial charge in [0.1, 0.15) is 11.5 Å². The highest BCUT2D eigenvalue weighted by Gasteiger charge is 2.26. The molecule has 1 unspecified atom stereocenters. The Hall–Kier alpha value is -4.34. The topological polar surface area (TPSA) is 184 Å². The number of hydrogen-bond donors (Lipinski definition) is 3. The Labute approximate surface area is 260 Å². The molecule has 1 aromatic heterocycles. The van der Waals surface area contributed by atoms with Gasteiger partial charge in [-0.2, -0.15) is 0 Å². The molecule has 0 spiro atoms. The summed E-state index contributed by atoms with van der Waals surface area (Å²) in [5.74, 6) is -1.24. The Balaban J connectivity index is 1.67. The van der Waals surface area contributed by atoms with Gasteiger partial charge in [-0.05, 0) is 76.5 Å². The van der Waals surface area contributed by atoms with E-state index in [1.807, 2.05) is 0 Å². The van der Waals surface area contributed by atoms with Crippen molar-refractivity contribution in [3.05, 3.63) is 63.2 Å². The number of fused-ring (bicyclic) bond motifs is 1. The standard InChI is InChI=1S/C30H37N5O9S/c1-5-42-29(38)25-18(2)15-21-26(19(25)3)27(36)35(22-10-6-7-11-23(22)45(40,41)31-4)24(34-21)17-44-30(39)33-13-14-43-28(37)20-9-8-12-32-16-20/h6-7,10-11,15,20,31-32H,5,8-9,12-14,16-17H2,1-4H3,(H,33,39). The lowest BCUT2D eigenvalue weighted by Crippen LogP contribution is -2.36. The van der Waals surface area contributed by atoms with Crippen LogP contribution in [0.15, 0.2) is 40.0 Å². The van der Waals surface area contributed by atoms with Crippen LogP contribution in [0.1, 0.15) is 47.1 Å². The van der Waals surface area contributed by atoms with Crippen LogP contribution in [-0.4, -0.2) is 75.9 Å². The fourth-order valence-corrected chi connectivity index (χ4v) is 6.15. The fourth-order valence-electron chi connectivity index (χ4n) is 5.24. The first kappa shape index (κ1) is 33.6. The average Bonchev–Trinajstić information content (AvgIpc) is 3.02. The number of rotatable bonds is 11. The molecule has 2 heterocycles. The van der Waals surface area contributed by atoms with E-state index in [9.17, 15) is 27.6 Å². The van der Waals surface area contributed by atoms with Crippen LogP contribution >= 0.6 is 0 Å². The van der Waals surface area contributed by atoms with Crippen molar-refractivity contribution < 1.29 is 37.0 Å². The van der Waals surface area contributed by atoms with Crippen LogP contribution < -0.4 is 20.9 Å². The summed E-state index contributed by atoms with van der Waals surface area (Å²) >= 11 is 0. The number of sulfonamides is 1. The number of carbonyl (C=O) groups excluding carboxylic acids is 3. The van der Waals surface area contributed by atoms with Crippen LogP contribution in [0.2, 0.25) is 0 Å². The van der Waals surface area contributed by atoms with E-state index in [0.717, 1.165) is 24.0 Å². The number of nitrogens with zero attached hydrogens (tertiary/aromatic N) is 2. The van der Waals surface area contributed by atoms with Gasteiger partial charge in [0.2, 0.25) is 10.0 Å². The molecule has 0 saturated carbocycles. The first-order chi connectivity index (χ1) is 21.5. The maximum atomic E-state index is 14.2. The average molecular weight is 644 g/mol. The third-order valence-electron chi connectivity index (χ3n) is 7.40. The van der Waals surface area contributed by atoms with Crippen LogP contribution in [0.25, 0.3) is 16.6 Å². The molecule has 1 fully saturated rings. The number of esters is 2. The number of benzene rings is 2.